The molecule has 0 amide bonds. The Bertz CT molecular complexity index is 598. The number of hydrogen-bond donors (Lipinski definition) is 0. The fourth-order valence-corrected chi connectivity index (χ4v) is 1.78. The van der Waals surface area contributed by atoms with Crippen LogP contribution in [0.2, 0.25) is 0 Å². The summed E-state index contributed by atoms with van der Waals surface area (Å²) in [4.78, 5) is 14.9. The Morgan fingerprint density at radius 3 is 2.75 bits per heavy atom. The molecule has 5 nitrogen and oxygen atoms in total. The van der Waals surface area contributed by atoms with E-state index in [-0.39, 0.29) is 6.61 Å². The predicted octanol–water partition coefficient (Wildman–Crippen LogP) is 2.49. The number of benzene rings is 1. The summed E-state index contributed by atoms with van der Waals surface area (Å²) >= 11 is 0. The highest BCUT2D eigenvalue weighted by Gasteiger charge is 2.11. The van der Waals surface area contributed by atoms with Gasteiger partial charge in [0.2, 0.25) is 0 Å². The number of rotatable bonds is 6. The van der Waals surface area contributed by atoms with Crippen molar-refractivity contribution in [3.8, 4) is 17.2 Å². The molecule has 0 fully saturated rings. The molecule has 2 rings (SSSR count). The molecule has 0 bridgehead atoms. The lowest BCUT2D eigenvalue weighted by molar-refractivity contribution is 0.112. The molecule has 1 aromatic carbocycles. The highest BCUT2D eigenvalue weighted by atomic mass is 16.5. The summed E-state index contributed by atoms with van der Waals surface area (Å²) in [6.07, 6.45) is 2.40. The fraction of sp³-hybridized carbons (Fsp3) is 0.200. The second-order valence-corrected chi connectivity index (χ2v) is 3.97. The molecular weight excluding hydrogens is 258 g/mol. The quantitative estimate of drug-likeness (QED) is 0.757. The summed E-state index contributed by atoms with van der Waals surface area (Å²) in [6.45, 7) is 0.225. The first kappa shape index (κ1) is 13.9. The zero-order valence-corrected chi connectivity index (χ0v) is 11.3. The number of carbonyl (C=O) groups is 1. The van der Waals surface area contributed by atoms with Crippen molar-refractivity contribution < 1.29 is 19.0 Å². The van der Waals surface area contributed by atoms with Gasteiger partial charge >= 0.3 is 0 Å². The van der Waals surface area contributed by atoms with Gasteiger partial charge in [0.1, 0.15) is 24.3 Å². The summed E-state index contributed by atoms with van der Waals surface area (Å²) in [5.74, 6) is 1.74. The Morgan fingerprint density at radius 2 is 2.05 bits per heavy atom. The highest BCUT2D eigenvalue weighted by Crippen LogP contribution is 2.29. The normalized spacial score (nSPS) is 9.90. The van der Waals surface area contributed by atoms with E-state index in [2.05, 4.69) is 4.98 Å². The minimum absolute atomic E-state index is 0.225. The van der Waals surface area contributed by atoms with Crippen LogP contribution in [0.3, 0.4) is 0 Å². The van der Waals surface area contributed by atoms with Crippen LogP contribution in [0.5, 0.6) is 17.2 Å². The Hall–Kier alpha value is -2.56. The first-order valence-corrected chi connectivity index (χ1v) is 6.02. The molecule has 104 valence electrons. The van der Waals surface area contributed by atoms with Crippen molar-refractivity contribution in [3.05, 3.63) is 47.8 Å². The van der Waals surface area contributed by atoms with E-state index >= 15 is 0 Å². The average Bonchev–Trinajstić information content (AvgIpc) is 2.52. The largest absolute Gasteiger partial charge is 0.493 e. The topological polar surface area (TPSA) is 57.7 Å². The van der Waals surface area contributed by atoms with Gasteiger partial charge in [-0.05, 0) is 12.1 Å². The SMILES string of the molecule is COc1ccnc(COc2cccc(C=O)c2)c1OC. The molecule has 0 atom stereocenters. The van der Waals surface area contributed by atoms with Crippen molar-refractivity contribution in [2.45, 2.75) is 6.61 Å². The van der Waals surface area contributed by atoms with Gasteiger partial charge in [-0.25, -0.2) is 0 Å². The summed E-state index contributed by atoms with van der Waals surface area (Å²) in [5.41, 5.74) is 1.19. The monoisotopic (exact) mass is 273 g/mol. The van der Waals surface area contributed by atoms with Crippen LogP contribution in [0.4, 0.5) is 0 Å². The smallest absolute Gasteiger partial charge is 0.185 e. The van der Waals surface area contributed by atoms with Crippen LogP contribution < -0.4 is 14.2 Å². The van der Waals surface area contributed by atoms with Crippen molar-refractivity contribution >= 4 is 6.29 Å². The molecule has 0 saturated carbocycles. The Kier molecular flexibility index (Phi) is 4.55. The molecule has 2 aromatic rings. The van der Waals surface area contributed by atoms with Crippen LogP contribution in [0.1, 0.15) is 16.1 Å². The van der Waals surface area contributed by atoms with Crippen LogP contribution in [0.25, 0.3) is 0 Å². The van der Waals surface area contributed by atoms with Gasteiger partial charge in [-0.3, -0.25) is 9.78 Å². The first-order valence-electron chi connectivity index (χ1n) is 6.02. The average molecular weight is 273 g/mol. The number of ether oxygens (including phenoxy) is 3. The van der Waals surface area contributed by atoms with Gasteiger partial charge < -0.3 is 14.2 Å². The van der Waals surface area contributed by atoms with Crippen LogP contribution in [-0.4, -0.2) is 25.5 Å². The molecule has 1 heterocycles. The van der Waals surface area contributed by atoms with E-state index in [1.165, 1.54) is 0 Å². The molecule has 0 aliphatic rings. The van der Waals surface area contributed by atoms with E-state index in [9.17, 15) is 4.79 Å². The number of nitrogens with zero attached hydrogens (tertiary/aromatic N) is 1. The maximum absolute atomic E-state index is 10.7. The maximum atomic E-state index is 10.7. The Morgan fingerprint density at radius 1 is 1.20 bits per heavy atom. The molecule has 0 spiro atoms. The van der Waals surface area contributed by atoms with Gasteiger partial charge in [0.25, 0.3) is 0 Å². The molecule has 0 aliphatic carbocycles. The van der Waals surface area contributed by atoms with Gasteiger partial charge in [-0.1, -0.05) is 12.1 Å². The van der Waals surface area contributed by atoms with Crippen LogP contribution in [0.15, 0.2) is 36.5 Å². The van der Waals surface area contributed by atoms with E-state index < -0.39 is 0 Å². The van der Waals surface area contributed by atoms with Crippen LogP contribution in [0, 0.1) is 0 Å². The molecule has 0 radical (unpaired) electrons. The summed E-state index contributed by atoms with van der Waals surface area (Å²) in [5, 5.41) is 0. The van der Waals surface area contributed by atoms with Crippen LogP contribution >= 0.6 is 0 Å². The van der Waals surface area contributed by atoms with Gasteiger partial charge in [-0.15, -0.1) is 0 Å². The van der Waals surface area contributed by atoms with Crippen molar-refractivity contribution in [2.75, 3.05) is 14.2 Å². The summed E-state index contributed by atoms with van der Waals surface area (Å²) in [6, 6.07) is 8.63. The van der Waals surface area contributed by atoms with Gasteiger partial charge in [0, 0.05) is 17.8 Å². The van der Waals surface area contributed by atoms with E-state index in [1.54, 1.807) is 50.7 Å². The number of aldehydes is 1. The number of hydrogen-bond acceptors (Lipinski definition) is 5. The zero-order valence-electron chi connectivity index (χ0n) is 11.3. The number of aromatic nitrogens is 1. The number of methoxy groups -OCH3 is 2. The fourth-order valence-electron chi connectivity index (χ4n) is 1.78. The molecule has 0 N–H and O–H groups in total. The second-order valence-electron chi connectivity index (χ2n) is 3.97. The molecule has 5 heteroatoms. The van der Waals surface area contributed by atoms with Gasteiger partial charge in [-0.2, -0.15) is 0 Å². The van der Waals surface area contributed by atoms with Crippen molar-refractivity contribution in [1.82, 2.24) is 4.98 Å². The lowest BCUT2D eigenvalue weighted by Crippen LogP contribution is -2.03. The number of carbonyl (C=O) groups excluding carboxylic acids is 1. The molecule has 20 heavy (non-hydrogen) atoms. The maximum Gasteiger partial charge on any atom is 0.185 e. The molecule has 0 saturated heterocycles. The lowest BCUT2D eigenvalue weighted by Gasteiger charge is -2.12. The summed E-state index contributed by atoms with van der Waals surface area (Å²) in [7, 11) is 3.12. The third-order valence-electron chi connectivity index (χ3n) is 2.74. The van der Waals surface area contributed by atoms with Crippen molar-refractivity contribution in [2.24, 2.45) is 0 Å². The molecule has 1 aromatic heterocycles. The third kappa shape index (κ3) is 3.06. The highest BCUT2D eigenvalue weighted by molar-refractivity contribution is 5.75. The van der Waals surface area contributed by atoms with E-state index in [0.717, 1.165) is 6.29 Å². The van der Waals surface area contributed by atoms with Crippen molar-refractivity contribution in [1.29, 1.82) is 0 Å². The Labute approximate surface area is 117 Å². The van der Waals surface area contributed by atoms with E-state index in [1.807, 2.05) is 0 Å². The predicted molar refractivity (Wildman–Crippen MR) is 73.5 cm³/mol. The number of pyridine rings is 1. The van der Waals surface area contributed by atoms with Gasteiger partial charge in [0.15, 0.2) is 11.5 Å². The molecule has 0 aliphatic heterocycles. The summed E-state index contributed by atoms with van der Waals surface area (Å²) < 4.78 is 16.1. The first-order chi connectivity index (χ1) is 9.78. The second kappa shape index (κ2) is 6.56. The minimum atomic E-state index is 0.225. The molecular formula is C15H15NO4. The zero-order chi connectivity index (χ0) is 14.4. The Balaban J connectivity index is 2.16. The lowest BCUT2D eigenvalue weighted by atomic mass is 10.2. The standard InChI is InChI=1S/C15H15NO4/c1-18-14-6-7-16-13(15(14)19-2)10-20-12-5-3-4-11(8-12)9-17/h3-9H,10H2,1-2H3. The minimum Gasteiger partial charge on any atom is -0.493 e. The molecule has 0 unspecified atom stereocenters. The van der Waals surface area contributed by atoms with Crippen LogP contribution in [-0.2, 0) is 6.61 Å². The van der Waals surface area contributed by atoms with E-state index in [0.29, 0.717) is 28.5 Å². The third-order valence-corrected chi connectivity index (χ3v) is 2.74. The van der Waals surface area contributed by atoms with E-state index in [4.69, 9.17) is 14.2 Å². The van der Waals surface area contributed by atoms with Crippen molar-refractivity contribution in [3.63, 3.8) is 0 Å². The van der Waals surface area contributed by atoms with Gasteiger partial charge in [0.05, 0.1) is 14.2 Å².